The molecular weight excluding hydrogens is 101 g/mol. The van der Waals surface area contributed by atoms with Gasteiger partial charge in [0.15, 0.2) is 0 Å². The molecule has 0 N–H and O–H groups in total. The topological polar surface area (TPSA) is 58.7 Å². The molecule has 0 bridgehead atoms. The zero-order valence-electron chi connectivity index (χ0n) is 1.67. The molecule has 0 fully saturated rings. The van der Waals surface area contributed by atoms with Crippen molar-refractivity contribution in [2.45, 2.75) is 0 Å². The van der Waals surface area contributed by atoms with Gasteiger partial charge in [-0.15, -0.1) is 0 Å². The van der Waals surface area contributed by atoms with E-state index in [1.54, 1.807) is 0 Å². The van der Waals surface area contributed by atoms with E-state index in [0.717, 1.165) is 0 Å². The molecule has 0 aromatic carbocycles. The number of nitrogens with zero attached hydrogens (tertiary/aromatic N) is 3. The third-order valence-corrected chi connectivity index (χ3v) is 0. The fraction of sp³-hybridized carbons (Fsp3) is 0. The average Bonchev–Trinajstić information content (AvgIpc) is 0.918. The van der Waals surface area contributed by atoms with Crippen LogP contribution in [0.3, 0.4) is 0 Å². The summed E-state index contributed by atoms with van der Waals surface area (Å²) < 4.78 is 0. The molecule has 0 unspecified atom stereocenters. The van der Waals surface area contributed by atoms with Gasteiger partial charge in [0.1, 0.15) is 0 Å². The van der Waals surface area contributed by atoms with Gasteiger partial charge in [-0.1, -0.05) is 0 Å². The molecule has 3 nitrogen and oxygen atoms in total. The summed E-state index contributed by atoms with van der Waals surface area (Å²) in [5.41, 5.74) is 13.5. The van der Waals surface area contributed by atoms with Crippen molar-refractivity contribution in [1.82, 2.24) is 0 Å². The fourth-order valence-electron chi connectivity index (χ4n) is 0. The monoisotopic (exact) mass is 101 g/mol. The van der Waals surface area contributed by atoms with Crippen LogP contribution in [0.15, 0.2) is 0 Å². The van der Waals surface area contributed by atoms with Crippen molar-refractivity contribution in [2.24, 2.45) is 0 Å². The van der Waals surface area contributed by atoms with E-state index in [0.29, 0.717) is 0 Å². The third-order valence-electron chi connectivity index (χ3n) is 0. The minimum atomic E-state index is 0. The van der Waals surface area contributed by atoms with Crippen molar-refractivity contribution in [3.05, 3.63) is 16.0 Å². The van der Waals surface area contributed by atoms with Crippen molar-refractivity contribution in [3.63, 3.8) is 0 Å². The summed E-state index contributed by atoms with van der Waals surface area (Å²) in [6, 6.07) is 0. The Bertz CT molecular complexity index is 24.3. The molecule has 0 saturated carbocycles. The minimum absolute atomic E-state index is 0. The predicted molar refractivity (Wildman–Crippen MR) is 10.1 cm³/mol. The largest absolute Gasteiger partial charge is 0.373 e. The molecule has 0 amide bonds. The van der Waals surface area contributed by atoms with E-state index in [9.17, 15) is 0 Å². The van der Waals surface area contributed by atoms with E-state index in [-0.39, 0.29) is 16.8 Å². The van der Waals surface area contributed by atoms with Gasteiger partial charge < -0.3 is 11.1 Å². The summed E-state index contributed by atoms with van der Waals surface area (Å²) in [5.74, 6) is 0. The first-order valence-electron chi connectivity index (χ1n) is 0.400. The van der Waals surface area contributed by atoms with Gasteiger partial charge in [-0.3, -0.25) is 4.91 Å². The molecule has 0 spiro atoms. The molecule has 0 rings (SSSR count). The Morgan fingerprint density at radius 3 is 1.25 bits per heavy atom. The minimum Gasteiger partial charge on any atom is -0.373 e. The second kappa shape index (κ2) is 13.9. The maximum absolute atomic E-state index is 6.75. The molecule has 25 valence electrons. The second-order valence-electron chi connectivity index (χ2n) is 0.0894. The Morgan fingerprint density at radius 1 is 1.25 bits per heavy atom. The van der Waals surface area contributed by atoms with Crippen LogP contribution in [0, 0.1) is 0 Å². The van der Waals surface area contributed by atoms with Gasteiger partial charge in [-0.05, 0) is 0 Å². The maximum Gasteiger partial charge on any atom is 0 e. The predicted octanol–water partition coefficient (Wildman–Crippen LogP) is 0.864. The number of hydrogen-bond acceptors (Lipinski definition) is 0. The molecule has 4 heavy (non-hydrogen) atoms. The Morgan fingerprint density at radius 2 is 1.25 bits per heavy atom. The van der Waals surface area contributed by atoms with Gasteiger partial charge in [-0.2, -0.15) is 0 Å². The van der Waals surface area contributed by atoms with E-state index in [1.165, 1.54) is 4.91 Å². The van der Waals surface area contributed by atoms with Crippen molar-refractivity contribution in [1.29, 1.82) is 0 Å². The average molecular weight is 101 g/mol. The van der Waals surface area contributed by atoms with Crippen molar-refractivity contribution >= 4 is 0 Å². The SMILES string of the molecule is [Co].[N-]=[N+]=[N-]. The van der Waals surface area contributed by atoms with Crippen LogP contribution in [0.2, 0.25) is 0 Å². The summed E-state index contributed by atoms with van der Waals surface area (Å²) in [7, 11) is 0. The summed E-state index contributed by atoms with van der Waals surface area (Å²) in [5, 5.41) is 0. The quantitative estimate of drug-likeness (QED) is 0.247. The summed E-state index contributed by atoms with van der Waals surface area (Å²) in [6.45, 7) is 0. The van der Waals surface area contributed by atoms with Gasteiger partial charge in [0.05, 0.1) is 0 Å². The van der Waals surface area contributed by atoms with Crippen LogP contribution in [-0.2, 0) is 16.8 Å². The molecule has 0 saturated heterocycles. The Labute approximate surface area is 33.6 Å². The van der Waals surface area contributed by atoms with E-state index in [1.807, 2.05) is 0 Å². The van der Waals surface area contributed by atoms with E-state index < -0.39 is 0 Å². The van der Waals surface area contributed by atoms with Crippen molar-refractivity contribution in [2.75, 3.05) is 0 Å². The van der Waals surface area contributed by atoms with Crippen LogP contribution in [0.1, 0.15) is 0 Å². The van der Waals surface area contributed by atoms with Crippen LogP contribution < -0.4 is 0 Å². The molecule has 0 aromatic rings. The normalized spacial score (nSPS) is 2.00. The molecule has 1 radical (unpaired) electrons. The van der Waals surface area contributed by atoms with Gasteiger partial charge in [-0.25, -0.2) is 0 Å². The molecule has 0 aliphatic rings. The van der Waals surface area contributed by atoms with Crippen molar-refractivity contribution < 1.29 is 16.8 Å². The molecule has 4 heteroatoms. The van der Waals surface area contributed by atoms with E-state index in [2.05, 4.69) is 0 Å². The first-order chi connectivity index (χ1) is 1.41. The Balaban J connectivity index is 0. The standard InChI is InChI=1S/Co.N3/c;1-3-2/q;-1. The summed E-state index contributed by atoms with van der Waals surface area (Å²) in [4.78, 5) is 1.50. The molecule has 0 aromatic heterocycles. The third kappa shape index (κ3) is 36.0. The number of hydrogen-bond donors (Lipinski definition) is 0. The van der Waals surface area contributed by atoms with E-state index in [4.69, 9.17) is 11.1 Å². The van der Waals surface area contributed by atoms with E-state index >= 15 is 0 Å². The summed E-state index contributed by atoms with van der Waals surface area (Å²) >= 11 is 0. The molecular formula is CoN3-. The molecule has 0 aliphatic carbocycles. The summed E-state index contributed by atoms with van der Waals surface area (Å²) in [6.07, 6.45) is 0. The molecule has 0 heterocycles. The Kier molecular flexibility index (Phi) is 32.0. The van der Waals surface area contributed by atoms with Crippen molar-refractivity contribution in [3.8, 4) is 0 Å². The Hall–Kier alpha value is -0.184. The first-order valence-corrected chi connectivity index (χ1v) is 0.400. The smallest absolute Gasteiger partial charge is 0 e. The van der Waals surface area contributed by atoms with Gasteiger partial charge in [0.25, 0.3) is 0 Å². The van der Waals surface area contributed by atoms with Crippen LogP contribution in [0.25, 0.3) is 16.0 Å². The second-order valence-corrected chi connectivity index (χ2v) is 0.0894. The van der Waals surface area contributed by atoms with Crippen LogP contribution in [0.4, 0.5) is 0 Å². The van der Waals surface area contributed by atoms with Crippen LogP contribution in [-0.4, -0.2) is 0 Å². The zero-order valence-corrected chi connectivity index (χ0v) is 2.72. The molecule has 0 aliphatic heterocycles. The number of rotatable bonds is 0. The molecule has 0 atom stereocenters. The maximum atomic E-state index is 6.75. The van der Waals surface area contributed by atoms with Crippen LogP contribution in [0.5, 0.6) is 0 Å². The van der Waals surface area contributed by atoms with Crippen LogP contribution >= 0.6 is 0 Å². The van der Waals surface area contributed by atoms with Gasteiger partial charge >= 0.3 is 0 Å². The first kappa shape index (κ1) is 9.18. The van der Waals surface area contributed by atoms with Gasteiger partial charge in [0, 0.05) is 16.8 Å². The fourth-order valence-corrected chi connectivity index (χ4v) is 0. The van der Waals surface area contributed by atoms with Gasteiger partial charge in [0.2, 0.25) is 0 Å². The zero-order chi connectivity index (χ0) is 2.71.